The minimum atomic E-state index is -1.10. The molecule has 0 heterocycles. The van der Waals surface area contributed by atoms with E-state index in [2.05, 4.69) is 10.6 Å². The van der Waals surface area contributed by atoms with Gasteiger partial charge in [-0.25, -0.2) is 9.59 Å². The SMILES string of the molecule is CNC(=O)Oc1ccc(C[C@H](NC(=O)[C@H](N)Cc2ccc(O)c(O)c2)C(=O)OC)cc1O. The van der Waals surface area contributed by atoms with E-state index < -0.39 is 30.1 Å². The number of carbonyl (C=O) groups excluding carboxylic acids is 3. The van der Waals surface area contributed by atoms with E-state index in [0.717, 1.165) is 0 Å². The van der Waals surface area contributed by atoms with Gasteiger partial charge in [-0.2, -0.15) is 0 Å². The quantitative estimate of drug-likeness (QED) is 0.245. The third-order valence-electron chi connectivity index (χ3n) is 4.50. The van der Waals surface area contributed by atoms with Gasteiger partial charge in [0.15, 0.2) is 23.0 Å². The van der Waals surface area contributed by atoms with Crippen LogP contribution in [0.4, 0.5) is 4.79 Å². The van der Waals surface area contributed by atoms with Crippen molar-refractivity contribution in [1.82, 2.24) is 10.6 Å². The lowest BCUT2D eigenvalue weighted by molar-refractivity contribution is -0.145. The number of rotatable bonds is 8. The first-order valence-corrected chi connectivity index (χ1v) is 9.50. The maximum atomic E-state index is 12.5. The molecule has 7 N–H and O–H groups in total. The van der Waals surface area contributed by atoms with Crippen LogP contribution < -0.4 is 21.1 Å². The number of carbonyl (C=O) groups is 3. The van der Waals surface area contributed by atoms with E-state index in [4.69, 9.17) is 15.2 Å². The number of nitrogens with one attached hydrogen (secondary N) is 2. The van der Waals surface area contributed by atoms with Crippen molar-refractivity contribution in [3.63, 3.8) is 0 Å². The molecule has 2 amide bonds. The van der Waals surface area contributed by atoms with E-state index in [1.807, 2.05) is 0 Å². The van der Waals surface area contributed by atoms with Gasteiger partial charge >= 0.3 is 12.1 Å². The molecule has 0 aliphatic rings. The zero-order chi connectivity index (χ0) is 23.8. The first kappa shape index (κ1) is 24.3. The van der Waals surface area contributed by atoms with Crippen molar-refractivity contribution in [3.05, 3.63) is 47.5 Å². The van der Waals surface area contributed by atoms with Gasteiger partial charge in [-0.05, 0) is 41.8 Å². The van der Waals surface area contributed by atoms with Gasteiger partial charge in [0.05, 0.1) is 13.2 Å². The Morgan fingerprint density at radius 3 is 2.19 bits per heavy atom. The number of ether oxygens (including phenoxy) is 2. The molecule has 2 aromatic rings. The first-order chi connectivity index (χ1) is 15.1. The average Bonchev–Trinajstić information content (AvgIpc) is 2.76. The fraction of sp³-hybridized carbons (Fsp3) is 0.286. The largest absolute Gasteiger partial charge is 0.504 e. The fourth-order valence-corrected chi connectivity index (χ4v) is 2.82. The summed E-state index contributed by atoms with van der Waals surface area (Å²) in [5.41, 5.74) is 6.89. The summed E-state index contributed by atoms with van der Waals surface area (Å²) in [6.07, 6.45) is -0.748. The van der Waals surface area contributed by atoms with Crippen LogP contribution in [0.25, 0.3) is 0 Å². The Morgan fingerprint density at radius 2 is 1.59 bits per heavy atom. The van der Waals surface area contributed by atoms with E-state index in [0.29, 0.717) is 11.1 Å². The van der Waals surface area contributed by atoms with Crippen LogP contribution in [0.1, 0.15) is 11.1 Å². The number of esters is 1. The summed E-state index contributed by atoms with van der Waals surface area (Å²) in [6.45, 7) is 0. The lowest BCUT2D eigenvalue weighted by Gasteiger charge is -2.20. The highest BCUT2D eigenvalue weighted by Crippen LogP contribution is 2.28. The molecule has 11 nitrogen and oxygen atoms in total. The van der Waals surface area contributed by atoms with Crippen LogP contribution in [0.3, 0.4) is 0 Å². The number of hydrogen-bond acceptors (Lipinski definition) is 9. The summed E-state index contributed by atoms with van der Waals surface area (Å²) < 4.78 is 9.62. The second-order valence-corrected chi connectivity index (χ2v) is 6.86. The molecule has 0 aliphatic heterocycles. The van der Waals surface area contributed by atoms with Gasteiger partial charge in [-0.3, -0.25) is 4.79 Å². The summed E-state index contributed by atoms with van der Waals surface area (Å²) in [5.74, 6) is -2.41. The van der Waals surface area contributed by atoms with E-state index in [1.165, 1.54) is 50.6 Å². The van der Waals surface area contributed by atoms with Crippen LogP contribution in [0.5, 0.6) is 23.0 Å². The second-order valence-electron chi connectivity index (χ2n) is 6.86. The zero-order valence-electron chi connectivity index (χ0n) is 17.5. The summed E-state index contributed by atoms with van der Waals surface area (Å²) in [7, 11) is 2.53. The van der Waals surface area contributed by atoms with Crippen LogP contribution in [0, 0.1) is 0 Å². The van der Waals surface area contributed by atoms with Gasteiger partial charge < -0.3 is 41.2 Å². The van der Waals surface area contributed by atoms with E-state index in [9.17, 15) is 29.7 Å². The van der Waals surface area contributed by atoms with E-state index in [-0.39, 0.29) is 35.8 Å². The lowest BCUT2D eigenvalue weighted by Crippen LogP contribution is -2.50. The Balaban J connectivity index is 2.08. The van der Waals surface area contributed by atoms with Crippen molar-refractivity contribution in [2.75, 3.05) is 14.2 Å². The second kappa shape index (κ2) is 10.9. The molecule has 2 rings (SSSR count). The van der Waals surface area contributed by atoms with Crippen LogP contribution in [0.15, 0.2) is 36.4 Å². The molecule has 0 bridgehead atoms. The third-order valence-corrected chi connectivity index (χ3v) is 4.50. The highest BCUT2D eigenvalue weighted by atomic mass is 16.6. The number of phenolic OH excluding ortho intramolecular Hbond substituents is 3. The topological polar surface area (TPSA) is 180 Å². The van der Waals surface area contributed by atoms with Gasteiger partial charge in [-0.15, -0.1) is 0 Å². The van der Waals surface area contributed by atoms with Gasteiger partial charge in [0, 0.05) is 13.5 Å². The van der Waals surface area contributed by atoms with Crippen molar-refractivity contribution < 1.29 is 39.2 Å². The molecule has 0 unspecified atom stereocenters. The highest BCUT2D eigenvalue weighted by molar-refractivity contribution is 5.87. The van der Waals surface area contributed by atoms with Crippen LogP contribution >= 0.6 is 0 Å². The number of hydrogen-bond donors (Lipinski definition) is 6. The molecule has 2 atom stereocenters. The zero-order valence-corrected chi connectivity index (χ0v) is 17.5. The summed E-state index contributed by atoms with van der Waals surface area (Å²) in [6, 6.07) is 6.06. The molecule has 11 heteroatoms. The number of aromatic hydroxyl groups is 3. The fourth-order valence-electron chi connectivity index (χ4n) is 2.82. The smallest absolute Gasteiger partial charge is 0.412 e. The summed E-state index contributed by atoms with van der Waals surface area (Å²) >= 11 is 0. The number of benzene rings is 2. The number of amides is 2. The van der Waals surface area contributed by atoms with E-state index in [1.54, 1.807) is 0 Å². The van der Waals surface area contributed by atoms with Crippen LogP contribution in [-0.4, -0.2) is 59.5 Å². The predicted molar refractivity (Wildman–Crippen MR) is 112 cm³/mol. The average molecular weight is 447 g/mol. The van der Waals surface area contributed by atoms with Crippen molar-refractivity contribution in [2.45, 2.75) is 24.9 Å². The van der Waals surface area contributed by atoms with E-state index >= 15 is 0 Å². The standard InChI is InChI=1S/C21H25N3O8/c1-23-21(30)32-18-6-4-12(10-17(18)27)8-14(20(29)31-2)24-19(28)13(22)7-11-3-5-15(25)16(26)9-11/h3-6,9-10,13-14,25-27H,7-8,22H2,1-2H3,(H,23,30)(H,24,28)/t13-,14+/m1/s1. The Bertz CT molecular complexity index is 995. The van der Waals surface area contributed by atoms with Crippen molar-refractivity contribution in [2.24, 2.45) is 5.73 Å². The molecule has 2 aromatic carbocycles. The highest BCUT2D eigenvalue weighted by Gasteiger charge is 2.25. The maximum Gasteiger partial charge on any atom is 0.412 e. The Morgan fingerprint density at radius 1 is 0.969 bits per heavy atom. The molecule has 172 valence electrons. The van der Waals surface area contributed by atoms with Gasteiger partial charge in [-0.1, -0.05) is 12.1 Å². The lowest BCUT2D eigenvalue weighted by atomic mass is 10.0. The molecule has 32 heavy (non-hydrogen) atoms. The predicted octanol–water partition coefficient (Wildman–Crippen LogP) is 0.292. The molecule has 0 aliphatic carbocycles. The molecule has 0 fully saturated rings. The Labute approximate surface area is 183 Å². The minimum absolute atomic E-state index is 0.0288. The molecule has 0 radical (unpaired) electrons. The number of phenols is 3. The Kier molecular flexibility index (Phi) is 8.24. The Hall–Kier alpha value is -3.99. The van der Waals surface area contributed by atoms with Crippen molar-refractivity contribution in [3.8, 4) is 23.0 Å². The summed E-state index contributed by atoms with van der Waals surface area (Å²) in [5, 5.41) is 33.7. The van der Waals surface area contributed by atoms with Crippen LogP contribution in [0.2, 0.25) is 0 Å². The summed E-state index contributed by atoms with van der Waals surface area (Å²) in [4.78, 5) is 36.0. The number of nitrogens with two attached hydrogens (primary N) is 1. The normalized spacial score (nSPS) is 12.3. The third kappa shape index (κ3) is 6.51. The van der Waals surface area contributed by atoms with Crippen molar-refractivity contribution in [1.29, 1.82) is 0 Å². The first-order valence-electron chi connectivity index (χ1n) is 9.50. The molecule has 0 saturated carbocycles. The molecule has 0 saturated heterocycles. The molecule has 0 spiro atoms. The molecule has 0 aromatic heterocycles. The van der Waals surface area contributed by atoms with Gasteiger partial charge in [0.2, 0.25) is 5.91 Å². The van der Waals surface area contributed by atoms with Crippen molar-refractivity contribution >= 4 is 18.0 Å². The van der Waals surface area contributed by atoms with Gasteiger partial charge in [0.25, 0.3) is 0 Å². The van der Waals surface area contributed by atoms with Crippen LogP contribution in [-0.2, 0) is 27.2 Å². The minimum Gasteiger partial charge on any atom is -0.504 e. The molecular weight excluding hydrogens is 422 g/mol. The number of methoxy groups -OCH3 is 1. The molecular formula is C21H25N3O8. The maximum absolute atomic E-state index is 12.5. The monoisotopic (exact) mass is 447 g/mol. The van der Waals surface area contributed by atoms with Gasteiger partial charge in [0.1, 0.15) is 6.04 Å².